The third kappa shape index (κ3) is 4.28. The summed E-state index contributed by atoms with van der Waals surface area (Å²) in [5.41, 5.74) is 1.91. The van der Waals surface area contributed by atoms with Crippen LogP contribution in [0.15, 0.2) is 24.3 Å². The van der Waals surface area contributed by atoms with Crippen molar-refractivity contribution in [1.29, 1.82) is 0 Å². The first-order valence-electron chi connectivity index (χ1n) is 6.99. The van der Waals surface area contributed by atoms with Crippen molar-refractivity contribution in [2.24, 2.45) is 0 Å². The van der Waals surface area contributed by atoms with Gasteiger partial charge < -0.3 is 4.74 Å². The fourth-order valence-electron chi connectivity index (χ4n) is 2.81. The van der Waals surface area contributed by atoms with E-state index in [-0.39, 0.29) is 24.6 Å². The zero-order chi connectivity index (χ0) is 15.5. The van der Waals surface area contributed by atoms with Crippen molar-refractivity contribution >= 4 is 16.0 Å². The lowest BCUT2D eigenvalue weighted by Crippen LogP contribution is -2.47. The molecule has 0 heterocycles. The van der Waals surface area contributed by atoms with Gasteiger partial charge in [-0.1, -0.05) is 24.3 Å². The van der Waals surface area contributed by atoms with Crippen LogP contribution in [0.5, 0.6) is 0 Å². The fourth-order valence-corrected chi connectivity index (χ4v) is 4.33. The summed E-state index contributed by atoms with van der Waals surface area (Å²) in [6, 6.07) is 8.00. The Morgan fingerprint density at radius 3 is 2.38 bits per heavy atom. The van der Waals surface area contributed by atoms with Crippen LogP contribution in [0.2, 0.25) is 0 Å². The van der Waals surface area contributed by atoms with E-state index in [2.05, 4.69) is 9.46 Å². The number of carbonyl (C=O) groups excluding carboxylic acids is 1. The van der Waals surface area contributed by atoms with Crippen LogP contribution < -0.4 is 4.72 Å². The molecule has 0 aromatic heterocycles. The lowest BCUT2D eigenvalue weighted by Gasteiger charge is -2.25. The molecule has 1 aromatic rings. The van der Waals surface area contributed by atoms with Crippen molar-refractivity contribution in [2.45, 2.75) is 38.1 Å². The number of nitrogens with one attached hydrogen (secondary N) is 1. The predicted octanol–water partition coefficient (Wildman–Crippen LogP) is 1.42. The molecule has 116 valence electrons. The molecule has 5 nitrogen and oxygen atoms in total. The monoisotopic (exact) mass is 311 g/mol. The average molecular weight is 311 g/mol. The van der Waals surface area contributed by atoms with Gasteiger partial charge in [0.25, 0.3) is 0 Å². The van der Waals surface area contributed by atoms with Crippen molar-refractivity contribution in [2.75, 3.05) is 12.9 Å². The molecule has 0 atom stereocenters. The van der Waals surface area contributed by atoms with Crippen LogP contribution in [0.4, 0.5) is 0 Å². The number of fused-ring (bicyclic) bond motifs is 1. The van der Waals surface area contributed by atoms with Crippen LogP contribution in [-0.4, -0.2) is 32.8 Å². The molecule has 1 aliphatic rings. The van der Waals surface area contributed by atoms with Gasteiger partial charge in [0, 0.05) is 12.0 Å². The Labute approximate surface area is 125 Å². The molecule has 0 fully saturated rings. The van der Waals surface area contributed by atoms with Crippen molar-refractivity contribution in [3.63, 3.8) is 0 Å². The maximum Gasteiger partial charge on any atom is 0.305 e. The first-order chi connectivity index (χ1) is 9.84. The average Bonchev–Trinajstić information content (AvgIpc) is 2.72. The molecule has 21 heavy (non-hydrogen) atoms. The number of methoxy groups -OCH3 is 1. The molecular formula is C15H21NO4S. The van der Waals surface area contributed by atoms with E-state index in [4.69, 9.17) is 0 Å². The number of esters is 1. The summed E-state index contributed by atoms with van der Waals surface area (Å²) in [4.78, 5) is 11.0. The van der Waals surface area contributed by atoms with Crippen LogP contribution in [0, 0.1) is 0 Å². The third-order valence-corrected chi connectivity index (χ3v) is 5.33. The van der Waals surface area contributed by atoms with Crippen LogP contribution in [0.3, 0.4) is 0 Å². The molecule has 0 unspecified atom stereocenters. The molecule has 0 radical (unpaired) electrons. The van der Waals surface area contributed by atoms with E-state index in [0.29, 0.717) is 12.8 Å². The highest BCUT2D eigenvalue weighted by Gasteiger charge is 2.35. The van der Waals surface area contributed by atoms with Gasteiger partial charge in [-0.3, -0.25) is 4.79 Å². The minimum Gasteiger partial charge on any atom is -0.469 e. The topological polar surface area (TPSA) is 72.5 Å². The number of hydrogen-bond acceptors (Lipinski definition) is 4. The number of hydrogen-bond donors (Lipinski definition) is 1. The minimum atomic E-state index is -3.40. The summed E-state index contributed by atoms with van der Waals surface area (Å²) in [6.45, 7) is 1.92. The fraction of sp³-hybridized carbons (Fsp3) is 0.533. The Bertz CT molecular complexity index is 599. The van der Waals surface area contributed by atoms with Crippen molar-refractivity contribution < 1.29 is 17.9 Å². The van der Waals surface area contributed by atoms with Crippen molar-refractivity contribution in [3.8, 4) is 0 Å². The Kier molecular flexibility index (Phi) is 4.68. The number of carbonyl (C=O) groups is 1. The van der Waals surface area contributed by atoms with E-state index in [9.17, 15) is 13.2 Å². The standard InChI is InChI=1S/C15H21NO4S/c1-15(10-12-6-3-4-7-13(12)11-15)16-21(18,19)9-5-8-14(17)20-2/h3-4,6-7,16H,5,8-11H2,1-2H3. The van der Waals surface area contributed by atoms with Crippen LogP contribution in [0.1, 0.15) is 30.9 Å². The molecule has 0 saturated heterocycles. The Morgan fingerprint density at radius 2 is 1.86 bits per heavy atom. The van der Waals surface area contributed by atoms with Gasteiger partial charge in [0.1, 0.15) is 0 Å². The summed E-state index contributed by atoms with van der Waals surface area (Å²) in [7, 11) is -2.11. The van der Waals surface area contributed by atoms with Crippen LogP contribution in [-0.2, 0) is 32.4 Å². The van der Waals surface area contributed by atoms with E-state index in [1.165, 1.54) is 18.2 Å². The second kappa shape index (κ2) is 6.15. The summed E-state index contributed by atoms with van der Waals surface area (Å²) < 4.78 is 31.6. The molecule has 0 bridgehead atoms. The number of rotatable bonds is 6. The van der Waals surface area contributed by atoms with E-state index >= 15 is 0 Å². The molecule has 1 aliphatic carbocycles. The van der Waals surface area contributed by atoms with Crippen molar-refractivity contribution in [3.05, 3.63) is 35.4 Å². The maximum absolute atomic E-state index is 12.1. The minimum absolute atomic E-state index is 0.0615. The van der Waals surface area contributed by atoms with Gasteiger partial charge in [0.05, 0.1) is 12.9 Å². The van der Waals surface area contributed by atoms with E-state index < -0.39 is 15.6 Å². The molecule has 0 amide bonds. The molecule has 1 aromatic carbocycles. The largest absolute Gasteiger partial charge is 0.469 e. The summed E-state index contributed by atoms with van der Waals surface area (Å²) in [6.07, 6.45) is 1.78. The van der Waals surface area contributed by atoms with Gasteiger partial charge in [-0.15, -0.1) is 0 Å². The molecule has 1 N–H and O–H groups in total. The second-order valence-electron chi connectivity index (χ2n) is 5.78. The van der Waals surface area contributed by atoms with E-state index in [0.717, 1.165) is 0 Å². The van der Waals surface area contributed by atoms with E-state index in [1.54, 1.807) is 0 Å². The second-order valence-corrected chi connectivity index (χ2v) is 7.63. The first-order valence-corrected chi connectivity index (χ1v) is 8.64. The lowest BCUT2D eigenvalue weighted by molar-refractivity contribution is -0.140. The highest BCUT2D eigenvalue weighted by molar-refractivity contribution is 7.89. The lowest BCUT2D eigenvalue weighted by atomic mass is 10.0. The summed E-state index contributed by atoms with van der Waals surface area (Å²) in [5.74, 6) is -0.446. The van der Waals surface area contributed by atoms with Gasteiger partial charge in [-0.25, -0.2) is 13.1 Å². The van der Waals surface area contributed by atoms with Gasteiger partial charge >= 0.3 is 5.97 Å². The van der Waals surface area contributed by atoms with Gasteiger partial charge in [-0.2, -0.15) is 0 Å². The highest BCUT2D eigenvalue weighted by atomic mass is 32.2. The number of sulfonamides is 1. The third-order valence-electron chi connectivity index (χ3n) is 3.70. The SMILES string of the molecule is COC(=O)CCCS(=O)(=O)NC1(C)Cc2ccccc2C1. The molecule has 0 aliphatic heterocycles. The zero-order valence-corrected chi connectivity index (χ0v) is 13.2. The zero-order valence-electron chi connectivity index (χ0n) is 12.4. The van der Waals surface area contributed by atoms with Crippen molar-refractivity contribution in [1.82, 2.24) is 4.72 Å². The van der Waals surface area contributed by atoms with Crippen LogP contribution in [0.25, 0.3) is 0 Å². The maximum atomic E-state index is 12.1. The Morgan fingerprint density at radius 1 is 1.29 bits per heavy atom. The first kappa shape index (κ1) is 16.0. The molecule has 6 heteroatoms. The summed E-state index contributed by atoms with van der Waals surface area (Å²) >= 11 is 0. The number of benzene rings is 1. The van der Waals surface area contributed by atoms with Gasteiger partial charge in [0.15, 0.2) is 0 Å². The van der Waals surface area contributed by atoms with Gasteiger partial charge in [-0.05, 0) is 37.3 Å². The van der Waals surface area contributed by atoms with Gasteiger partial charge in [0.2, 0.25) is 10.0 Å². The molecular weight excluding hydrogens is 290 g/mol. The van der Waals surface area contributed by atoms with Crippen LogP contribution >= 0.6 is 0 Å². The molecule has 0 spiro atoms. The Hall–Kier alpha value is -1.40. The smallest absolute Gasteiger partial charge is 0.305 e. The molecule has 0 saturated carbocycles. The Balaban J connectivity index is 1.93. The van der Waals surface area contributed by atoms with E-state index in [1.807, 2.05) is 31.2 Å². The normalized spacial score (nSPS) is 16.5. The quantitative estimate of drug-likeness (QED) is 0.806. The predicted molar refractivity (Wildman–Crippen MR) is 80.4 cm³/mol. The number of ether oxygens (including phenoxy) is 1. The molecule has 2 rings (SSSR count). The summed E-state index contributed by atoms with van der Waals surface area (Å²) in [5, 5.41) is 0. The highest BCUT2D eigenvalue weighted by Crippen LogP contribution is 2.30.